The average Bonchev–Trinajstić information content (AvgIpc) is 3.02. The Bertz CT molecular complexity index is 308. The van der Waals surface area contributed by atoms with E-state index in [1.165, 1.54) is 18.5 Å². The standard InChI is InChI=1S/C12H20N2O2/c15-7-9-16-8-6-14-5-1-2-12(14)10-13-11-3-4-11/h1-2,5,11,13,15H,3-4,6-10H2. The van der Waals surface area contributed by atoms with Crippen LogP contribution in [-0.2, 0) is 17.8 Å². The summed E-state index contributed by atoms with van der Waals surface area (Å²) < 4.78 is 7.46. The van der Waals surface area contributed by atoms with Crippen LogP contribution in [0.1, 0.15) is 18.5 Å². The number of hydrogen-bond acceptors (Lipinski definition) is 3. The number of ether oxygens (including phenoxy) is 1. The summed E-state index contributed by atoms with van der Waals surface area (Å²) in [6.45, 7) is 2.98. The summed E-state index contributed by atoms with van der Waals surface area (Å²) in [6, 6.07) is 4.95. The van der Waals surface area contributed by atoms with Crippen LogP contribution < -0.4 is 5.32 Å². The van der Waals surface area contributed by atoms with Crippen molar-refractivity contribution in [1.82, 2.24) is 9.88 Å². The molecule has 1 aromatic heterocycles. The van der Waals surface area contributed by atoms with E-state index in [1.807, 2.05) is 0 Å². The summed E-state index contributed by atoms with van der Waals surface area (Å²) in [7, 11) is 0. The molecular formula is C12H20N2O2. The molecule has 90 valence electrons. The number of aromatic nitrogens is 1. The molecule has 16 heavy (non-hydrogen) atoms. The first-order chi connectivity index (χ1) is 7.90. The second-order valence-corrected chi connectivity index (χ2v) is 4.18. The maximum absolute atomic E-state index is 8.59. The molecule has 0 bridgehead atoms. The summed E-state index contributed by atoms with van der Waals surface area (Å²) in [5.74, 6) is 0. The van der Waals surface area contributed by atoms with Crippen molar-refractivity contribution in [3.8, 4) is 0 Å². The third-order valence-electron chi connectivity index (χ3n) is 2.78. The molecule has 1 fully saturated rings. The van der Waals surface area contributed by atoms with Crippen LogP contribution in [0.4, 0.5) is 0 Å². The molecular weight excluding hydrogens is 204 g/mol. The van der Waals surface area contributed by atoms with Gasteiger partial charge in [-0.05, 0) is 25.0 Å². The van der Waals surface area contributed by atoms with Crippen molar-refractivity contribution in [2.45, 2.75) is 32.0 Å². The Kier molecular flexibility index (Phi) is 4.39. The summed E-state index contributed by atoms with van der Waals surface area (Å²) in [4.78, 5) is 0. The highest BCUT2D eigenvalue weighted by molar-refractivity contribution is 5.07. The van der Waals surface area contributed by atoms with Crippen LogP contribution >= 0.6 is 0 Å². The molecule has 0 atom stereocenters. The van der Waals surface area contributed by atoms with E-state index < -0.39 is 0 Å². The second kappa shape index (κ2) is 6.03. The van der Waals surface area contributed by atoms with Gasteiger partial charge in [-0.15, -0.1) is 0 Å². The minimum Gasteiger partial charge on any atom is -0.394 e. The molecule has 0 amide bonds. The Balaban J connectivity index is 1.71. The van der Waals surface area contributed by atoms with Gasteiger partial charge in [-0.2, -0.15) is 0 Å². The highest BCUT2D eigenvalue weighted by Gasteiger charge is 2.20. The minimum absolute atomic E-state index is 0.0990. The molecule has 4 nitrogen and oxygen atoms in total. The fourth-order valence-corrected chi connectivity index (χ4v) is 1.69. The van der Waals surface area contributed by atoms with Crippen molar-refractivity contribution >= 4 is 0 Å². The van der Waals surface area contributed by atoms with Crippen molar-refractivity contribution in [2.24, 2.45) is 0 Å². The maximum Gasteiger partial charge on any atom is 0.0698 e. The zero-order valence-electron chi connectivity index (χ0n) is 9.56. The van der Waals surface area contributed by atoms with Gasteiger partial charge in [-0.1, -0.05) is 0 Å². The molecule has 1 aromatic rings. The van der Waals surface area contributed by atoms with E-state index in [-0.39, 0.29) is 6.61 Å². The van der Waals surface area contributed by atoms with E-state index >= 15 is 0 Å². The van der Waals surface area contributed by atoms with Gasteiger partial charge in [0.25, 0.3) is 0 Å². The maximum atomic E-state index is 8.59. The average molecular weight is 224 g/mol. The highest BCUT2D eigenvalue weighted by atomic mass is 16.5. The van der Waals surface area contributed by atoms with Crippen molar-refractivity contribution in [2.75, 3.05) is 19.8 Å². The number of aliphatic hydroxyl groups excluding tert-OH is 1. The van der Waals surface area contributed by atoms with Crippen LogP contribution in [0, 0.1) is 0 Å². The first-order valence-electron chi connectivity index (χ1n) is 5.96. The van der Waals surface area contributed by atoms with Crippen molar-refractivity contribution < 1.29 is 9.84 Å². The molecule has 0 spiro atoms. The second-order valence-electron chi connectivity index (χ2n) is 4.18. The van der Waals surface area contributed by atoms with Crippen LogP contribution in [0.3, 0.4) is 0 Å². The monoisotopic (exact) mass is 224 g/mol. The van der Waals surface area contributed by atoms with Gasteiger partial charge in [0.05, 0.1) is 19.8 Å². The van der Waals surface area contributed by atoms with E-state index in [2.05, 4.69) is 28.2 Å². The first-order valence-corrected chi connectivity index (χ1v) is 5.96. The fraction of sp³-hybridized carbons (Fsp3) is 0.667. The van der Waals surface area contributed by atoms with Crippen LogP contribution in [0.25, 0.3) is 0 Å². The van der Waals surface area contributed by atoms with Gasteiger partial charge >= 0.3 is 0 Å². The zero-order valence-corrected chi connectivity index (χ0v) is 9.56. The topological polar surface area (TPSA) is 46.4 Å². The Hall–Kier alpha value is -0.840. The van der Waals surface area contributed by atoms with E-state index in [0.29, 0.717) is 13.2 Å². The number of aliphatic hydroxyl groups is 1. The molecule has 1 aliphatic carbocycles. The van der Waals surface area contributed by atoms with Crippen LogP contribution in [0.2, 0.25) is 0 Å². The fourth-order valence-electron chi connectivity index (χ4n) is 1.69. The van der Waals surface area contributed by atoms with Crippen molar-refractivity contribution in [1.29, 1.82) is 0 Å². The molecule has 1 saturated carbocycles. The van der Waals surface area contributed by atoms with E-state index in [4.69, 9.17) is 9.84 Å². The van der Waals surface area contributed by atoms with Gasteiger partial charge in [-0.25, -0.2) is 0 Å². The Labute approximate surface area is 96.2 Å². The van der Waals surface area contributed by atoms with E-state index in [0.717, 1.165) is 19.1 Å². The van der Waals surface area contributed by atoms with Gasteiger partial charge < -0.3 is 19.7 Å². The lowest BCUT2D eigenvalue weighted by Gasteiger charge is -2.10. The molecule has 0 unspecified atom stereocenters. The van der Waals surface area contributed by atoms with E-state index in [9.17, 15) is 0 Å². The predicted octanol–water partition coefficient (Wildman–Crippen LogP) is 0.749. The quantitative estimate of drug-likeness (QED) is 0.641. The number of nitrogens with one attached hydrogen (secondary N) is 1. The molecule has 1 heterocycles. The zero-order chi connectivity index (χ0) is 11.2. The normalized spacial score (nSPS) is 15.6. The largest absolute Gasteiger partial charge is 0.394 e. The van der Waals surface area contributed by atoms with Gasteiger partial charge in [0, 0.05) is 31.0 Å². The molecule has 4 heteroatoms. The Morgan fingerprint density at radius 3 is 3.06 bits per heavy atom. The third-order valence-corrected chi connectivity index (χ3v) is 2.78. The smallest absolute Gasteiger partial charge is 0.0698 e. The molecule has 2 N–H and O–H groups in total. The number of nitrogens with zero attached hydrogens (tertiary/aromatic N) is 1. The lowest BCUT2D eigenvalue weighted by molar-refractivity contribution is 0.0866. The minimum atomic E-state index is 0.0990. The molecule has 0 aromatic carbocycles. The summed E-state index contributed by atoms with van der Waals surface area (Å²) in [5.41, 5.74) is 1.31. The van der Waals surface area contributed by atoms with E-state index in [1.54, 1.807) is 0 Å². The highest BCUT2D eigenvalue weighted by Crippen LogP contribution is 2.19. The van der Waals surface area contributed by atoms with Crippen LogP contribution in [0.15, 0.2) is 18.3 Å². The summed E-state index contributed by atoms with van der Waals surface area (Å²) >= 11 is 0. The lowest BCUT2D eigenvalue weighted by atomic mass is 10.4. The lowest BCUT2D eigenvalue weighted by Crippen LogP contribution is -2.19. The summed E-state index contributed by atoms with van der Waals surface area (Å²) in [6.07, 6.45) is 4.72. The van der Waals surface area contributed by atoms with Crippen LogP contribution in [0.5, 0.6) is 0 Å². The molecule has 2 rings (SSSR count). The molecule has 0 aliphatic heterocycles. The van der Waals surface area contributed by atoms with Crippen LogP contribution in [-0.4, -0.2) is 35.5 Å². The van der Waals surface area contributed by atoms with Gasteiger partial charge in [-0.3, -0.25) is 0 Å². The third kappa shape index (κ3) is 3.63. The Morgan fingerprint density at radius 2 is 2.31 bits per heavy atom. The number of rotatable bonds is 8. The summed E-state index contributed by atoms with van der Waals surface area (Å²) in [5, 5.41) is 12.1. The SMILES string of the molecule is OCCOCCn1cccc1CNC1CC1. The molecule has 0 radical (unpaired) electrons. The van der Waals surface area contributed by atoms with Crippen molar-refractivity contribution in [3.63, 3.8) is 0 Å². The first kappa shape index (κ1) is 11.6. The van der Waals surface area contributed by atoms with Crippen molar-refractivity contribution in [3.05, 3.63) is 24.0 Å². The Morgan fingerprint density at radius 1 is 1.44 bits per heavy atom. The van der Waals surface area contributed by atoms with Gasteiger partial charge in [0.1, 0.15) is 0 Å². The molecule has 1 aliphatic rings. The predicted molar refractivity (Wildman–Crippen MR) is 62.2 cm³/mol. The van der Waals surface area contributed by atoms with Gasteiger partial charge in [0.2, 0.25) is 0 Å². The molecule has 0 saturated heterocycles. The van der Waals surface area contributed by atoms with Gasteiger partial charge in [0.15, 0.2) is 0 Å². The number of hydrogen-bond donors (Lipinski definition) is 2.